The van der Waals surface area contributed by atoms with Crippen molar-refractivity contribution in [3.05, 3.63) is 76.8 Å². The van der Waals surface area contributed by atoms with Gasteiger partial charge < -0.3 is 4.57 Å². The Kier molecular flexibility index (Phi) is 5.65. The number of thiazole rings is 1. The number of amides is 1. The topological polar surface area (TPSA) is 51.0 Å². The highest BCUT2D eigenvalue weighted by Crippen LogP contribution is 2.34. The minimum absolute atomic E-state index is 0.0431. The highest BCUT2D eigenvalue weighted by Gasteiger charge is 2.22. The average molecular weight is 425 g/mol. The largest absolute Gasteiger partial charge is 0.337 e. The van der Waals surface area contributed by atoms with Gasteiger partial charge in [0.1, 0.15) is 0 Å². The van der Waals surface area contributed by atoms with Gasteiger partial charge in [0.05, 0.1) is 16.5 Å². The van der Waals surface area contributed by atoms with E-state index in [4.69, 9.17) is 16.6 Å². The van der Waals surface area contributed by atoms with Crippen LogP contribution < -0.4 is 4.90 Å². The first-order valence-corrected chi connectivity index (χ1v) is 10.6. The maximum Gasteiger partial charge on any atom is 0.260 e. The second-order valence-corrected chi connectivity index (χ2v) is 8.41. The number of rotatable bonds is 6. The van der Waals surface area contributed by atoms with E-state index >= 15 is 0 Å². The Balaban J connectivity index is 1.66. The standard InChI is InChI=1S/C22H21ClN4OS/c1-15-4-6-17(7-5-15)21(28)27(12-3-11-26-13-10-24-14-26)22-25-20-16(2)18(23)8-9-19(20)29-22/h4-10,13-14H,3,11-12H2,1-2H3. The molecule has 0 unspecified atom stereocenters. The molecule has 148 valence electrons. The number of benzene rings is 2. The van der Waals surface area contributed by atoms with Crippen molar-refractivity contribution in [2.45, 2.75) is 26.8 Å². The molecule has 0 bridgehead atoms. The lowest BCUT2D eigenvalue weighted by Crippen LogP contribution is -2.32. The van der Waals surface area contributed by atoms with Crippen molar-refractivity contribution in [1.29, 1.82) is 0 Å². The molecule has 4 aromatic rings. The number of hydrogen-bond donors (Lipinski definition) is 0. The van der Waals surface area contributed by atoms with Crippen LogP contribution in [-0.4, -0.2) is 27.0 Å². The summed E-state index contributed by atoms with van der Waals surface area (Å²) >= 11 is 7.78. The van der Waals surface area contributed by atoms with Crippen LogP contribution >= 0.6 is 22.9 Å². The van der Waals surface area contributed by atoms with Crippen LogP contribution in [0.1, 0.15) is 27.9 Å². The van der Waals surface area contributed by atoms with Crippen LogP contribution in [0.3, 0.4) is 0 Å². The molecule has 0 aliphatic carbocycles. The fraction of sp³-hybridized carbons (Fsp3) is 0.227. The van der Waals surface area contributed by atoms with Crippen LogP contribution in [0.2, 0.25) is 5.02 Å². The third-order valence-electron chi connectivity index (χ3n) is 4.87. The monoisotopic (exact) mass is 424 g/mol. The summed E-state index contributed by atoms with van der Waals surface area (Å²) in [5.41, 5.74) is 3.58. The summed E-state index contributed by atoms with van der Waals surface area (Å²) in [6, 6.07) is 11.5. The number of halogens is 1. The Morgan fingerprint density at radius 3 is 2.69 bits per heavy atom. The second kappa shape index (κ2) is 8.35. The zero-order valence-corrected chi connectivity index (χ0v) is 17.9. The van der Waals surface area contributed by atoms with Gasteiger partial charge in [0.25, 0.3) is 5.91 Å². The minimum Gasteiger partial charge on any atom is -0.337 e. The number of carbonyl (C=O) groups excluding carboxylic acids is 1. The zero-order valence-electron chi connectivity index (χ0n) is 16.3. The Labute approximate surface area is 178 Å². The summed E-state index contributed by atoms with van der Waals surface area (Å²) in [6.45, 7) is 5.32. The van der Waals surface area contributed by atoms with Crippen molar-refractivity contribution in [1.82, 2.24) is 14.5 Å². The van der Waals surface area contributed by atoms with Gasteiger partial charge in [-0.05, 0) is 50.1 Å². The van der Waals surface area contributed by atoms with Crippen molar-refractivity contribution in [2.75, 3.05) is 11.4 Å². The molecule has 0 saturated carbocycles. The van der Waals surface area contributed by atoms with Gasteiger partial charge in [0, 0.05) is 36.1 Å². The predicted molar refractivity (Wildman–Crippen MR) is 119 cm³/mol. The van der Waals surface area contributed by atoms with Crippen LogP contribution in [-0.2, 0) is 6.54 Å². The van der Waals surface area contributed by atoms with Crippen molar-refractivity contribution >= 4 is 44.2 Å². The summed E-state index contributed by atoms with van der Waals surface area (Å²) in [4.78, 5) is 24.0. The van der Waals surface area contributed by atoms with E-state index in [9.17, 15) is 4.79 Å². The van der Waals surface area contributed by atoms with Gasteiger partial charge >= 0.3 is 0 Å². The van der Waals surface area contributed by atoms with Crippen molar-refractivity contribution in [2.24, 2.45) is 0 Å². The van der Waals surface area contributed by atoms with Gasteiger partial charge in [-0.25, -0.2) is 9.97 Å². The van der Waals surface area contributed by atoms with Gasteiger partial charge in [-0.3, -0.25) is 9.69 Å². The molecule has 0 aliphatic heterocycles. The lowest BCUT2D eigenvalue weighted by atomic mass is 10.1. The van der Waals surface area contributed by atoms with Crippen LogP contribution in [0, 0.1) is 13.8 Å². The van der Waals surface area contributed by atoms with Crippen molar-refractivity contribution in [3.8, 4) is 0 Å². The molecule has 0 N–H and O–H groups in total. The fourth-order valence-corrected chi connectivity index (χ4v) is 4.37. The van der Waals surface area contributed by atoms with Crippen molar-refractivity contribution < 1.29 is 4.79 Å². The number of aryl methyl sites for hydroxylation is 3. The molecule has 0 aliphatic rings. The van der Waals surface area contributed by atoms with Gasteiger partial charge in [-0.15, -0.1) is 0 Å². The van der Waals surface area contributed by atoms with E-state index < -0.39 is 0 Å². The first-order chi connectivity index (χ1) is 14.0. The number of aromatic nitrogens is 3. The SMILES string of the molecule is Cc1ccc(C(=O)N(CCCn2ccnc2)c2nc3c(C)c(Cl)ccc3s2)cc1. The Morgan fingerprint density at radius 2 is 1.97 bits per heavy atom. The second-order valence-electron chi connectivity index (χ2n) is 6.99. The lowest BCUT2D eigenvalue weighted by Gasteiger charge is -2.20. The molecule has 1 amide bonds. The molecular formula is C22H21ClN4OS. The lowest BCUT2D eigenvalue weighted by molar-refractivity contribution is 0.0986. The van der Waals surface area contributed by atoms with E-state index in [2.05, 4.69) is 4.98 Å². The normalized spacial score (nSPS) is 11.1. The van der Waals surface area contributed by atoms with E-state index in [1.165, 1.54) is 11.3 Å². The third-order valence-corrected chi connectivity index (χ3v) is 6.32. The quantitative estimate of drug-likeness (QED) is 0.410. The van der Waals surface area contributed by atoms with Crippen LogP contribution in [0.4, 0.5) is 5.13 Å². The third kappa shape index (κ3) is 4.18. The first-order valence-electron chi connectivity index (χ1n) is 9.43. The summed E-state index contributed by atoms with van der Waals surface area (Å²) < 4.78 is 3.04. The highest BCUT2D eigenvalue weighted by atomic mass is 35.5. The van der Waals surface area contributed by atoms with Crippen LogP contribution in [0.15, 0.2) is 55.1 Å². The number of imidazole rings is 1. The predicted octanol–water partition coefficient (Wildman–Crippen LogP) is 5.50. The molecule has 29 heavy (non-hydrogen) atoms. The Hall–Kier alpha value is -2.70. The summed E-state index contributed by atoms with van der Waals surface area (Å²) in [5.74, 6) is -0.0431. The first kappa shape index (κ1) is 19.6. The number of fused-ring (bicyclic) bond motifs is 1. The smallest absolute Gasteiger partial charge is 0.260 e. The average Bonchev–Trinajstić information content (AvgIpc) is 3.38. The Bertz CT molecular complexity index is 1140. The molecule has 4 rings (SSSR count). The summed E-state index contributed by atoms with van der Waals surface area (Å²) in [5, 5.41) is 1.38. The highest BCUT2D eigenvalue weighted by molar-refractivity contribution is 7.22. The van der Waals surface area contributed by atoms with Gasteiger partial charge in [0.15, 0.2) is 5.13 Å². The molecule has 2 aromatic heterocycles. The molecule has 7 heteroatoms. The molecule has 2 aromatic carbocycles. The summed E-state index contributed by atoms with van der Waals surface area (Å²) in [6.07, 6.45) is 6.27. The number of carbonyl (C=O) groups is 1. The molecule has 0 saturated heterocycles. The number of hydrogen-bond acceptors (Lipinski definition) is 4. The molecule has 5 nitrogen and oxygen atoms in total. The number of nitrogens with zero attached hydrogens (tertiary/aromatic N) is 4. The van der Waals surface area contributed by atoms with Crippen molar-refractivity contribution in [3.63, 3.8) is 0 Å². The zero-order chi connectivity index (χ0) is 20.4. The maximum atomic E-state index is 13.3. The maximum absolute atomic E-state index is 13.3. The van der Waals surface area contributed by atoms with E-state index in [0.29, 0.717) is 22.3 Å². The minimum atomic E-state index is -0.0431. The van der Waals surface area contributed by atoms with E-state index in [1.54, 1.807) is 17.4 Å². The van der Waals surface area contributed by atoms with E-state index in [-0.39, 0.29) is 5.91 Å². The fourth-order valence-electron chi connectivity index (χ4n) is 3.17. The molecule has 2 heterocycles. The van der Waals surface area contributed by atoms with Crippen LogP contribution in [0.25, 0.3) is 10.2 Å². The van der Waals surface area contributed by atoms with E-state index in [1.807, 2.05) is 61.0 Å². The Morgan fingerprint density at radius 1 is 1.17 bits per heavy atom. The number of anilines is 1. The molecule has 0 atom stereocenters. The molecule has 0 radical (unpaired) electrons. The van der Waals surface area contributed by atoms with Gasteiger partial charge in [-0.2, -0.15) is 0 Å². The molecule has 0 fully saturated rings. The van der Waals surface area contributed by atoms with Gasteiger partial charge in [-0.1, -0.05) is 40.6 Å². The molecule has 0 spiro atoms. The van der Waals surface area contributed by atoms with Gasteiger partial charge in [0.2, 0.25) is 0 Å². The summed E-state index contributed by atoms with van der Waals surface area (Å²) in [7, 11) is 0. The van der Waals surface area contributed by atoms with Crippen LogP contribution in [0.5, 0.6) is 0 Å². The molecular weight excluding hydrogens is 404 g/mol. The van der Waals surface area contributed by atoms with E-state index in [0.717, 1.165) is 34.3 Å².